The van der Waals surface area contributed by atoms with Gasteiger partial charge >= 0.3 is 6.03 Å². The maximum absolute atomic E-state index is 12.9. The lowest BCUT2D eigenvalue weighted by Crippen LogP contribution is -2.55. The van der Waals surface area contributed by atoms with E-state index in [1.54, 1.807) is 36.4 Å². The average molecular weight is 474 g/mol. The van der Waals surface area contributed by atoms with E-state index in [1.807, 2.05) is 48.2 Å². The summed E-state index contributed by atoms with van der Waals surface area (Å²) in [6.45, 7) is 3.80. The molecule has 0 spiro atoms. The second-order valence-corrected chi connectivity index (χ2v) is 8.71. The van der Waals surface area contributed by atoms with E-state index in [2.05, 4.69) is 32.6 Å². The lowest BCUT2D eigenvalue weighted by atomic mass is 10.0. The number of piperazine rings is 1. The lowest BCUT2D eigenvalue weighted by Gasteiger charge is -2.40. The Balaban J connectivity index is 1.35. The van der Waals surface area contributed by atoms with Crippen LogP contribution in [-0.2, 0) is 0 Å². The normalized spacial score (nSPS) is 15.2. The van der Waals surface area contributed by atoms with Gasteiger partial charge in [-0.05, 0) is 43.3 Å². The zero-order valence-electron chi connectivity index (χ0n) is 19.7. The fourth-order valence-electron chi connectivity index (χ4n) is 4.51. The molecule has 3 aromatic carbocycles. The van der Waals surface area contributed by atoms with Crippen molar-refractivity contribution in [2.75, 3.05) is 29.9 Å². The SMILES string of the molecule is CC1CN(c2nnc(-c3ccc(C#N)cc3)c3ccccc23)CCN1C(=O)Nc1ccc(C#N)cc1. The molecule has 1 atom stereocenters. The number of hydrogen-bond acceptors (Lipinski definition) is 6. The van der Waals surface area contributed by atoms with Crippen molar-refractivity contribution in [1.82, 2.24) is 15.1 Å². The first-order chi connectivity index (χ1) is 17.6. The largest absolute Gasteiger partial charge is 0.351 e. The van der Waals surface area contributed by atoms with E-state index in [-0.39, 0.29) is 12.1 Å². The van der Waals surface area contributed by atoms with Gasteiger partial charge in [0, 0.05) is 47.7 Å². The molecule has 4 aromatic rings. The molecule has 2 heterocycles. The van der Waals surface area contributed by atoms with E-state index in [1.165, 1.54) is 0 Å². The number of carbonyl (C=O) groups is 1. The number of nitrogens with one attached hydrogen (secondary N) is 1. The minimum Gasteiger partial charge on any atom is -0.351 e. The fourth-order valence-corrected chi connectivity index (χ4v) is 4.51. The van der Waals surface area contributed by atoms with Crippen molar-refractivity contribution < 1.29 is 4.79 Å². The highest BCUT2D eigenvalue weighted by atomic mass is 16.2. The van der Waals surface area contributed by atoms with Crippen LogP contribution in [0.25, 0.3) is 22.0 Å². The number of rotatable bonds is 3. The van der Waals surface area contributed by atoms with E-state index in [0.29, 0.717) is 36.4 Å². The van der Waals surface area contributed by atoms with Crippen LogP contribution in [0.3, 0.4) is 0 Å². The molecule has 5 rings (SSSR count). The Hall–Kier alpha value is -4.95. The van der Waals surface area contributed by atoms with E-state index >= 15 is 0 Å². The number of carbonyl (C=O) groups excluding carboxylic acids is 1. The Morgan fingerprint density at radius 3 is 2.17 bits per heavy atom. The summed E-state index contributed by atoms with van der Waals surface area (Å²) in [5.74, 6) is 0.794. The summed E-state index contributed by atoms with van der Waals surface area (Å²) >= 11 is 0. The van der Waals surface area contributed by atoms with Gasteiger partial charge in [0.05, 0.1) is 23.3 Å². The summed E-state index contributed by atoms with van der Waals surface area (Å²) in [6, 6.07) is 26.2. The third-order valence-electron chi connectivity index (χ3n) is 6.41. The van der Waals surface area contributed by atoms with Gasteiger partial charge < -0.3 is 15.1 Å². The molecule has 176 valence electrons. The smallest absolute Gasteiger partial charge is 0.322 e. The molecule has 0 radical (unpaired) electrons. The summed E-state index contributed by atoms with van der Waals surface area (Å²) < 4.78 is 0. The number of benzene rings is 3. The van der Waals surface area contributed by atoms with Gasteiger partial charge in [-0.25, -0.2) is 4.79 Å². The minimum atomic E-state index is -0.168. The van der Waals surface area contributed by atoms with Gasteiger partial charge in [-0.1, -0.05) is 36.4 Å². The van der Waals surface area contributed by atoms with E-state index in [4.69, 9.17) is 10.5 Å². The highest BCUT2D eigenvalue weighted by molar-refractivity contribution is 6.00. The van der Waals surface area contributed by atoms with Crippen LogP contribution < -0.4 is 10.2 Å². The molecular weight excluding hydrogens is 450 g/mol. The zero-order chi connectivity index (χ0) is 25.1. The van der Waals surface area contributed by atoms with E-state index in [0.717, 1.165) is 27.8 Å². The molecule has 8 nitrogen and oxygen atoms in total. The van der Waals surface area contributed by atoms with Gasteiger partial charge in [-0.2, -0.15) is 10.5 Å². The number of urea groups is 1. The first-order valence-electron chi connectivity index (χ1n) is 11.7. The van der Waals surface area contributed by atoms with Crippen molar-refractivity contribution >= 4 is 28.3 Å². The molecule has 0 saturated carbocycles. The molecule has 0 aliphatic carbocycles. The molecule has 1 aliphatic rings. The summed E-state index contributed by atoms with van der Waals surface area (Å²) in [6.07, 6.45) is 0. The minimum absolute atomic E-state index is 0.0455. The molecule has 1 aliphatic heterocycles. The van der Waals surface area contributed by atoms with E-state index in [9.17, 15) is 4.79 Å². The fraction of sp³-hybridized carbons (Fsp3) is 0.179. The van der Waals surface area contributed by atoms with Gasteiger partial charge in [0.1, 0.15) is 5.69 Å². The van der Waals surface area contributed by atoms with Crippen LogP contribution in [0.15, 0.2) is 72.8 Å². The standard InChI is InChI=1S/C28H23N7O/c1-19-18-34(14-15-35(19)28(36)31-23-12-8-21(17-30)9-13-23)27-25-5-3-2-4-24(25)26(32-33-27)22-10-6-20(16-29)7-11-22/h2-13,19H,14-15,18H2,1H3,(H,31,36). The summed E-state index contributed by atoms with van der Waals surface area (Å²) in [5, 5.41) is 32.1. The van der Waals surface area contributed by atoms with Crippen molar-refractivity contribution in [3.05, 3.63) is 83.9 Å². The number of amides is 2. The van der Waals surface area contributed by atoms with Crippen LogP contribution in [0, 0.1) is 22.7 Å². The number of aromatic nitrogens is 2. The van der Waals surface area contributed by atoms with E-state index < -0.39 is 0 Å². The van der Waals surface area contributed by atoms with Crippen molar-refractivity contribution in [3.63, 3.8) is 0 Å². The monoisotopic (exact) mass is 473 g/mol. The number of hydrogen-bond donors (Lipinski definition) is 1. The number of nitriles is 2. The Morgan fingerprint density at radius 2 is 1.53 bits per heavy atom. The third kappa shape index (κ3) is 4.40. The molecule has 1 saturated heterocycles. The molecule has 0 bridgehead atoms. The van der Waals surface area contributed by atoms with Gasteiger partial charge in [0.2, 0.25) is 0 Å². The van der Waals surface area contributed by atoms with Gasteiger partial charge in [0.15, 0.2) is 5.82 Å². The van der Waals surface area contributed by atoms with Crippen molar-refractivity contribution in [3.8, 4) is 23.4 Å². The summed E-state index contributed by atoms with van der Waals surface area (Å²) in [7, 11) is 0. The second kappa shape index (κ2) is 9.73. The molecule has 2 amide bonds. The molecule has 1 aromatic heterocycles. The first-order valence-corrected chi connectivity index (χ1v) is 11.7. The summed E-state index contributed by atoms with van der Waals surface area (Å²) in [4.78, 5) is 16.9. The molecule has 1 unspecified atom stereocenters. The third-order valence-corrected chi connectivity index (χ3v) is 6.41. The first kappa shape index (κ1) is 22.8. The molecule has 8 heteroatoms. The van der Waals surface area contributed by atoms with Gasteiger partial charge in [-0.15, -0.1) is 10.2 Å². The van der Waals surface area contributed by atoms with Crippen LogP contribution in [0.1, 0.15) is 18.1 Å². The second-order valence-electron chi connectivity index (χ2n) is 8.71. The Kier molecular flexibility index (Phi) is 6.17. The number of anilines is 2. The van der Waals surface area contributed by atoms with Crippen LogP contribution >= 0.6 is 0 Å². The van der Waals surface area contributed by atoms with Crippen LogP contribution in [0.5, 0.6) is 0 Å². The average Bonchev–Trinajstić information content (AvgIpc) is 2.93. The maximum Gasteiger partial charge on any atom is 0.322 e. The number of nitrogens with zero attached hydrogens (tertiary/aromatic N) is 6. The zero-order valence-corrected chi connectivity index (χ0v) is 19.7. The maximum atomic E-state index is 12.9. The number of fused-ring (bicyclic) bond motifs is 1. The Bertz CT molecular complexity index is 1500. The van der Waals surface area contributed by atoms with Gasteiger partial charge in [0.25, 0.3) is 0 Å². The lowest BCUT2D eigenvalue weighted by molar-refractivity contribution is 0.184. The highest BCUT2D eigenvalue weighted by Gasteiger charge is 2.29. The van der Waals surface area contributed by atoms with Crippen LogP contribution in [0.4, 0.5) is 16.3 Å². The van der Waals surface area contributed by atoms with Crippen molar-refractivity contribution in [1.29, 1.82) is 10.5 Å². The van der Waals surface area contributed by atoms with Crippen LogP contribution in [-0.4, -0.2) is 46.8 Å². The molecule has 36 heavy (non-hydrogen) atoms. The molecule has 1 fully saturated rings. The van der Waals surface area contributed by atoms with Crippen LogP contribution in [0.2, 0.25) is 0 Å². The molecular formula is C28H23N7O. The van der Waals surface area contributed by atoms with Gasteiger partial charge in [-0.3, -0.25) is 0 Å². The highest BCUT2D eigenvalue weighted by Crippen LogP contribution is 2.32. The quantitative estimate of drug-likeness (QED) is 0.459. The summed E-state index contributed by atoms with van der Waals surface area (Å²) in [5.41, 5.74) is 3.48. The Labute approximate surface area is 209 Å². The molecule has 1 N–H and O–H groups in total. The topological polar surface area (TPSA) is 109 Å². The van der Waals surface area contributed by atoms with Crippen molar-refractivity contribution in [2.45, 2.75) is 13.0 Å². The predicted octanol–water partition coefficient (Wildman–Crippen LogP) is 4.78. The Morgan fingerprint density at radius 1 is 0.889 bits per heavy atom. The van der Waals surface area contributed by atoms with Crippen molar-refractivity contribution in [2.24, 2.45) is 0 Å². The predicted molar refractivity (Wildman–Crippen MR) is 138 cm³/mol.